The number of nitrogens with two attached hydrogens (primary N) is 1. The lowest BCUT2D eigenvalue weighted by Crippen LogP contribution is -2.39. The first-order valence-corrected chi connectivity index (χ1v) is 8.33. The predicted octanol–water partition coefficient (Wildman–Crippen LogP) is 3.00. The molecule has 0 radical (unpaired) electrons. The van der Waals surface area contributed by atoms with Crippen LogP contribution in [-0.4, -0.2) is 21.1 Å². The van der Waals surface area contributed by atoms with Gasteiger partial charge in [0.25, 0.3) is 0 Å². The second kappa shape index (κ2) is 6.39. The van der Waals surface area contributed by atoms with Crippen molar-refractivity contribution in [2.75, 3.05) is 0 Å². The second-order valence-corrected chi connectivity index (χ2v) is 6.63. The molecule has 1 heterocycles. The van der Waals surface area contributed by atoms with Crippen LogP contribution in [0.4, 0.5) is 0 Å². The van der Waals surface area contributed by atoms with E-state index < -0.39 is 0 Å². The lowest BCUT2D eigenvalue weighted by molar-refractivity contribution is -0.119. The lowest BCUT2D eigenvalue weighted by Gasteiger charge is -2.22. The highest BCUT2D eigenvalue weighted by Gasteiger charge is 2.32. The molecule has 1 aliphatic carbocycles. The molecule has 1 fully saturated rings. The molecule has 4 nitrogen and oxygen atoms in total. The summed E-state index contributed by atoms with van der Waals surface area (Å²) < 4.78 is 2.92. The standard InChI is InChI=1S/C15H24BrN3O/c1-3-12-14(16)13(19(4-2)18-12)9-11(20)10-15(17)7-5-6-8-15/h3-10,17H2,1-2H3. The second-order valence-electron chi connectivity index (χ2n) is 5.84. The van der Waals surface area contributed by atoms with Crippen molar-refractivity contribution in [2.45, 2.75) is 70.9 Å². The molecule has 0 aliphatic heterocycles. The van der Waals surface area contributed by atoms with E-state index in [-0.39, 0.29) is 11.3 Å². The summed E-state index contributed by atoms with van der Waals surface area (Å²) in [6, 6.07) is 0. The zero-order valence-electron chi connectivity index (χ0n) is 12.4. The van der Waals surface area contributed by atoms with Crippen LogP contribution in [0.2, 0.25) is 0 Å². The number of rotatable bonds is 6. The van der Waals surface area contributed by atoms with Crippen molar-refractivity contribution in [3.8, 4) is 0 Å². The van der Waals surface area contributed by atoms with Crippen molar-refractivity contribution in [1.29, 1.82) is 0 Å². The van der Waals surface area contributed by atoms with Crippen LogP contribution in [0.3, 0.4) is 0 Å². The molecule has 1 aromatic rings. The van der Waals surface area contributed by atoms with Crippen molar-refractivity contribution >= 4 is 21.7 Å². The van der Waals surface area contributed by atoms with Gasteiger partial charge in [0, 0.05) is 24.9 Å². The maximum Gasteiger partial charge on any atom is 0.140 e. The molecule has 0 spiro atoms. The fourth-order valence-corrected chi connectivity index (χ4v) is 3.79. The van der Waals surface area contributed by atoms with E-state index in [9.17, 15) is 4.79 Å². The lowest BCUT2D eigenvalue weighted by atomic mass is 9.91. The van der Waals surface area contributed by atoms with Crippen molar-refractivity contribution in [3.63, 3.8) is 0 Å². The fraction of sp³-hybridized carbons (Fsp3) is 0.733. The molecular formula is C15H24BrN3O. The summed E-state index contributed by atoms with van der Waals surface area (Å²) in [6.07, 6.45) is 6.06. The van der Waals surface area contributed by atoms with Crippen molar-refractivity contribution < 1.29 is 4.79 Å². The summed E-state index contributed by atoms with van der Waals surface area (Å²) in [7, 11) is 0. The normalized spacial score (nSPS) is 17.6. The molecule has 1 saturated carbocycles. The Balaban J connectivity index is 2.09. The minimum Gasteiger partial charge on any atom is -0.325 e. The number of ketones is 1. The zero-order valence-corrected chi connectivity index (χ0v) is 14.0. The molecule has 0 aromatic carbocycles. The highest BCUT2D eigenvalue weighted by Crippen LogP contribution is 2.31. The molecule has 0 atom stereocenters. The van der Waals surface area contributed by atoms with Gasteiger partial charge in [-0.05, 0) is 42.1 Å². The summed E-state index contributed by atoms with van der Waals surface area (Å²) in [4.78, 5) is 12.3. The molecule has 2 rings (SSSR count). The number of halogens is 1. The van der Waals surface area contributed by atoms with Crippen LogP contribution in [0, 0.1) is 0 Å². The molecule has 20 heavy (non-hydrogen) atoms. The topological polar surface area (TPSA) is 60.9 Å². The number of hydrogen-bond donors (Lipinski definition) is 1. The average Bonchev–Trinajstić information content (AvgIpc) is 2.95. The Kier molecular flexibility index (Phi) is 5.02. The third-order valence-corrected chi connectivity index (χ3v) is 5.12. The largest absolute Gasteiger partial charge is 0.325 e. The van der Waals surface area contributed by atoms with Gasteiger partial charge in [-0.3, -0.25) is 9.48 Å². The molecule has 0 saturated heterocycles. The summed E-state index contributed by atoms with van der Waals surface area (Å²) in [5, 5.41) is 4.54. The predicted molar refractivity (Wildman–Crippen MR) is 83.7 cm³/mol. The van der Waals surface area contributed by atoms with E-state index in [0.717, 1.165) is 54.5 Å². The van der Waals surface area contributed by atoms with Crippen molar-refractivity contribution in [3.05, 3.63) is 15.9 Å². The highest BCUT2D eigenvalue weighted by molar-refractivity contribution is 9.10. The molecule has 0 amide bonds. The summed E-state index contributed by atoms with van der Waals surface area (Å²) in [6.45, 7) is 4.91. The highest BCUT2D eigenvalue weighted by atomic mass is 79.9. The minimum absolute atomic E-state index is 0.229. The Hall–Kier alpha value is -0.680. The quantitative estimate of drug-likeness (QED) is 0.864. The Morgan fingerprint density at radius 3 is 2.60 bits per heavy atom. The van der Waals surface area contributed by atoms with Crippen LogP contribution in [0.1, 0.15) is 57.3 Å². The number of hydrogen-bond acceptors (Lipinski definition) is 3. The Labute approximate surface area is 129 Å². The van der Waals surface area contributed by atoms with Crippen molar-refractivity contribution in [2.24, 2.45) is 5.73 Å². The number of aryl methyl sites for hydroxylation is 2. The van der Waals surface area contributed by atoms with E-state index >= 15 is 0 Å². The summed E-state index contributed by atoms with van der Waals surface area (Å²) >= 11 is 3.59. The number of Topliss-reactive ketones (excluding diaryl/α,β-unsaturated/α-hetero) is 1. The van der Waals surface area contributed by atoms with E-state index in [1.54, 1.807) is 0 Å². The summed E-state index contributed by atoms with van der Waals surface area (Å²) in [5.74, 6) is 0.229. The van der Waals surface area contributed by atoms with Crippen LogP contribution in [-0.2, 0) is 24.2 Å². The number of aromatic nitrogens is 2. The molecule has 112 valence electrons. The number of nitrogens with zero attached hydrogens (tertiary/aromatic N) is 2. The van der Waals surface area contributed by atoms with E-state index in [1.165, 1.54) is 0 Å². The summed E-state index contributed by atoms with van der Waals surface area (Å²) in [5.41, 5.74) is 8.07. The monoisotopic (exact) mass is 341 g/mol. The third kappa shape index (κ3) is 3.31. The number of carbonyl (C=O) groups is 1. The Morgan fingerprint density at radius 1 is 1.40 bits per heavy atom. The molecule has 1 aliphatic rings. The van der Waals surface area contributed by atoms with Gasteiger partial charge in [0.1, 0.15) is 5.78 Å². The molecular weight excluding hydrogens is 318 g/mol. The van der Waals surface area contributed by atoms with E-state index in [4.69, 9.17) is 5.73 Å². The van der Waals surface area contributed by atoms with E-state index in [0.29, 0.717) is 12.8 Å². The van der Waals surface area contributed by atoms with Crippen LogP contribution in [0.15, 0.2) is 4.47 Å². The first-order valence-electron chi connectivity index (χ1n) is 7.53. The van der Waals surface area contributed by atoms with Gasteiger partial charge in [0.2, 0.25) is 0 Å². The van der Waals surface area contributed by atoms with Crippen molar-refractivity contribution in [1.82, 2.24) is 9.78 Å². The van der Waals surface area contributed by atoms with E-state index in [2.05, 4.69) is 28.0 Å². The Bertz CT molecular complexity index is 490. The average molecular weight is 342 g/mol. The van der Waals surface area contributed by atoms with Gasteiger partial charge in [-0.15, -0.1) is 0 Å². The maximum atomic E-state index is 12.3. The van der Waals surface area contributed by atoms with Gasteiger partial charge in [0.15, 0.2) is 0 Å². The fourth-order valence-electron chi connectivity index (χ4n) is 3.08. The molecule has 0 bridgehead atoms. The minimum atomic E-state index is -0.256. The van der Waals surface area contributed by atoms with Gasteiger partial charge in [-0.2, -0.15) is 5.10 Å². The third-order valence-electron chi connectivity index (χ3n) is 4.21. The zero-order chi connectivity index (χ0) is 14.8. The Morgan fingerprint density at radius 2 is 2.05 bits per heavy atom. The molecule has 5 heteroatoms. The van der Waals surface area contributed by atoms with Crippen LogP contribution < -0.4 is 5.73 Å². The maximum absolute atomic E-state index is 12.3. The SMILES string of the molecule is CCc1nn(CC)c(CC(=O)CC2(N)CCCC2)c1Br. The molecule has 2 N–H and O–H groups in total. The van der Waals surface area contributed by atoms with Crippen LogP contribution in [0.25, 0.3) is 0 Å². The van der Waals surface area contributed by atoms with Gasteiger partial charge in [-0.25, -0.2) is 0 Å². The first-order chi connectivity index (χ1) is 9.49. The smallest absolute Gasteiger partial charge is 0.140 e. The van der Waals surface area contributed by atoms with Gasteiger partial charge in [-0.1, -0.05) is 19.8 Å². The van der Waals surface area contributed by atoms with Gasteiger partial charge in [0.05, 0.1) is 15.9 Å². The van der Waals surface area contributed by atoms with E-state index in [1.807, 2.05) is 11.6 Å². The van der Waals surface area contributed by atoms with Crippen LogP contribution >= 0.6 is 15.9 Å². The molecule has 1 aromatic heterocycles. The molecule has 0 unspecified atom stereocenters. The first kappa shape index (κ1) is 15.7. The van der Waals surface area contributed by atoms with Gasteiger partial charge >= 0.3 is 0 Å². The van der Waals surface area contributed by atoms with Gasteiger partial charge < -0.3 is 5.73 Å². The number of carbonyl (C=O) groups excluding carboxylic acids is 1. The van der Waals surface area contributed by atoms with Crippen LogP contribution in [0.5, 0.6) is 0 Å².